The molecular weight excluding hydrogens is 303 g/mol. The molecule has 1 aliphatic carbocycles. The number of nitrogens with one attached hydrogen (secondary N) is 1. The first-order valence-electron chi connectivity index (χ1n) is 6.86. The van der Waals surface area contributed by atoms with Gasteiger partial charge in [0.1, 0.15) is 5.82 Å². The van der Waals surface area contributed by atoms with Gasteiger partial charge in [-0.2, -0.15) is 8.42 Å². The molecule has 3 N–H and O–H groups in total. The third-order valence-corrected chi connectivity index (χ3v) is 3.99. The van der Waals surface area contributed by atoms with Crippen molar-refractivity contribution in [3.05, 3.63) is 47.8 Å². The summed E-state index contributed by atoms with van der Waals surface area (Å²) in [6.45, 7) is 5.83. The van der Waals surface area contributed by atoms with Gasteiger partial charge >= 0.3 is 0 Å². The van der Waals surface area contributed by atoms with Gasteiger partial charge in [0.2, 0.25) is 10.3 Å². The largest absolute Gasteiger partial charge is 0.396 e. The Labute approximate surface area is 131 Å². The highest BCUT2D eigenvalue weighted by molar-refractivity contribution is 7.73. The molecule has 0 heterocycles. The van der Waals surface area contributed by atoms with Crippen molar-refractivity contribution in [2.45, 2.75) is 32.4 Å². The summed E-state index contributed by atoms with van der Waals surface area (Å²) < 4.78 is 36.7. The van der Waals surface area contributed by atoms with Crippen molar-refractivity contribution in [1.82, 2.24) is 5.32 Å². The number of halogens is 1. The minimum Gasteiger partial charge on any atom is -0.396 e. The predicted molar refractivity (Wildman–Crippen MR) is 88.5 cm³/mol. The standard InChI is InChI=1S/C16H19FN2O2S/c1-16(2,3)19-15-11(5-4-6-14(15)22(20)21)10-7-8-13(18)12(17)9-10/h4-9,15,19H,18H2,1-3H3. The number of nitrogen functional groups attached to an aromatic ring is 1. The van der Waals surface area contributed by atoms with E-state index in [9.17, 15) is 12.8 Å². The highest BCUT2D eigenvalue weighted by atomic mass is 32.2. The molecule has 0 aromatic heterocycles. The molecule has 0 radical (unpaired) electrons. The van der Waals surface area contributed by atoms with Crippen LogP contribution in [0, 0.1) is 5.82 Å². The van der Waals surface area contributed by atoms with E-state index in [1.807, 2.05) is 20.8 Å². The zero-order valence-electron chi connectivity index (χ0n) is 12.7. The van der Waals surface area contributed by atoms with Gasteiger partial charge in [0.05, 0.1) is 16.6 Å². The van der Waals surface area contributed by atoms with Crippen molar-refractivity contribution < 1.29 is 12.8 Å². The SMILES string of the molecule is CC(C)(C)NC1C(c2ccc(N)c(F)c2)=CC=CC1=S(=O)=O. The zero-order chi connectivity index (χ0) is 16.5. The maximum Gasteiger partial charge on any atom is 0.219 e. The van der Waals surface area contributed by atoms with Gasteiger partial charge in [-0.15, -0.1) is 0 Å². The lowest BCUT2D eigenvalue weighted by Crippen LogP contribution is -2.48. The van der Waals surface area contributed by atoms with Crippen molar-refractivity contribution in [3.63, 3.8) is 0 Å². The van der Waals surface area contributed by atoms with E-state index < -0.39 is 22.2 Å². The van der Waals surface area contributed by atoms with Crippen LogP contribution in [0.4, 0.5) is 10.1 Å². The number of hydrogen-bond acceptors (Lipinski definition) is 4. The Morgan fingerprint density at radius 3 is 2.50 bits per heavy atom. The molecule has 1 unspecified atom stereocenters. The van der Waals surface area contributed by atoms with Gasteiger partial charge in [-0.05, 0) is 50.1 Å². The fourth-order valence-corrected chi connectivity index (χ4v) is 2.86. The summed E-state index contributed by atoms with van der Waals surface area (Å²) in [5.41, 5.74) is 6.54. The van der Waals surface area contributed by atoms with Crippen LogP contribution in [0.5, 0.6) is 0 Å². The topological polar surface area (TPSA) is 72.2 Å². The first kappa shape index (κ1) is 16.5. The number of allylic oxidation sites excluding steroid dienone is 2. The molecule has 0 fully saturated rings. The maximum atomic E-state index is 13.7. The molecule has 118 valence electrons. The molecule has 0 bridgehead atoms. The lowest BCUT2D eigenvalue weighted by atomic mass is 9.90. The molecule has 22 heavy (non-hydrogen) atoms. The van der Waals surface area contributed by atoms with Gasteiger partial charge < -0.3 is 11.1 Å². The fraction of sp³-hybridized carbons (Fsp3) is 0.312. The van der Waals surface area contributed by atoms with Crippen LogP contribution in [0.15, 0.2) is 36.4 Å². The summed E-state index contributed by atoms with van der Waals surface area (Å²) in [5.74, 6) is -0.521. The minimum absolute atomic E-state index is 0.0626. The number of anilines is 1. The number of benzene rings is 1. The second kappa shape index (κ2) is 6.06. The maximum absolute atomic E-state index is 13.7. The van der Waals surface area contributed by atoms with E-state index in [1.54, 1.807) is 24.3 Å². The summed E-state index contributed by atoms with van der Waals surface area (Å²) >= 11 is 0. The van der Waals surface area contributed by atoms with Crippen molar-refractivity contribution in [2.24, 2.45) is 0 Å². The van der Waals surface area contributed by atoms with E-state index in [0.29, 0.717) is 11.1 Å². The number of nitrogens with two attached hydrogens (primary N) is 1. The quantitative estimate of drug-likeness (QED) is 0.646. The lowest BCUT2D eigenvalue weighted by molar-refractivity contribution is 0.432. The molecule has 0 saturated heterocycles. The summed E-state index contributed by atoms with van der Waals surface area (Å²) in [7, 11) is -2.36. The van der Waals surface area contributed by atoms with E-state index in [-0.39, 0.29) is 16.1 Å². The van der Waals surface area contributed by atoms with Crippen LogP contribution in [0.25, 0.3) is 5.57 Å². The minimum atomic E-state index is -2.36. The average molecular weight is 322 g/mol. The molecule has 4 nitrogen and oxygen atoms in total. The first-order chi connectivity index (χ1) is 10.2. The van der Waals surface area contributed by atoms with Crippen LogP contribution in [-0.2, 0) is 10.3 Å². The highest BCUT2D eigenvalue weighted by Gasteiger charge is 2.27. The van der Waals surface area contributed by atoms with Crippen LogP contribution >= 0.6 is 0 Å². The summed E-state index contributed by atoms with van der Waals surface area (Å²) in [6, 6.07) is 3.95. The molecule has 0 amide bonds. The summed E-state index contributed by atoms with van der Waals surface area (Å²) in [4.78, 5) is 0.227. The van der Waals surface area contributed by atoms with Gasteiger partial charge in [0, 0.05) is 5.54 Å². The Kier molecular flexibility index (Phi) is 4.53. The summed E-state index contributed by atoms with van der Waals surface area (Å²) in [5, 5.41) is 3.27. The summed E-state index contributed by atoms with van der Waals surface area (Å²) in [6.07, 6.45) is 4.98. The Morgan fingerprint density at radius 1 is 1.27 bits per heavy atom. The molecule has 6 heteroatoms. The van der Waals surface area contributed by atoms with E-state index in [2.05, 4.69) is 5.32 Å². The molecule has 0 aliphatic heterocycles. The van der Waals surface area contributed by atoms with Crippen LogP contribution < -0.4 is 11.1 Å². The molecule has 2 rings (SSSR count). The molecule has 1 aromatic rings. The zero-order valence-corrected chi connectivity index (χ0v) is 13.5. The smallest absolute Gasteiger partial charge is 0.219 e. The second-order valence-electron chi connectivity index (χ2n) is 6.18. The molecular formula is C16H19FN2O2S. The number of hydrogen-bond donors (Lipinski definition) is 2. The molecule has 1 aliphatic rings. The van der Waals surface area contributed by atoms with Crippen molar-refractivity contribution in [2.75, 3.05) is 5.73 Å². The average Bonchev–Trinajstić information content (AvgIpc) is 2.40. The van der Waals surface area contributed by atoms with E-state index >= 15 is 0 Å². The Hall–Kier alpha value is -1.92. The van der Waals surface area contributed by atoms with E-state index in [0.717, 1.165) is 0 Å². The van der Waals surface area contributed by atoms with Gasteiger partial charge in [-0.3, -0.25) is 0 Å². The third-order valence-electron chi connectivity index (χ3n) is 3.24. The van der Waals surface area contributed by atoms with Gasteiger partial charge in [-0.25, -0.2) is 4.39 Å². The lowest BCUT2D eigenvalue weighted by Gasteiger charge is -2.31. The molecule has 0 spiro atoms. The van der Waals surface area contributed by atoms with Gasteiger partial charge in [0.15, 0.2) is 0 Å². The Bertz CT molecular complexity index is 779. The van der Waals surface area contributed by atoms with E-state index in [1.165, 1.54) is 12.1 Å². The molecule has 1 atom stereocenters. The Morgan fingerprint density at radius 2 is 1.95 bits per heavy atom. The van der Waals surface area contributed by atoms with Crippen LogP contribution in [0.2, 0.25) is 0 Å². The monoisotopic (exact) mass is 322 g/mol. The number of rotatable bonds is 2. The molecule has 1 aromatic carbocycles. The van der Waals surface area contributed by atoms with Crippen LogP contribution in [0.1, 0.15) is 26.3 Å². The first-order valence-corrected chi connectivity index (χ1v) is 7.94. The highest BCUT2D eigenvalue weighted by Crippen LogP contribution is 2.26. The third kappa shape index (κ3) is 3.64. The second-order valence-corrected chi connectivity index (χ2v) is 7.12. The van der Waals surface area contributed by atoms with Gasteiger partial charge in [0.25, 0.3) is 0 Å². The van der Waals surface area contributed by atoms with Crippen molar-refractivity contribution >= 4 is 26.4 Å². The fourth-order valence-electron chi connectivity index (χ4n) is 2.30. The van der Waals surface area contributed by atoms with Crippen LogP contribution in [-0.4, -0.2) is 24.9 Å². The van der Waals surface area contributed by atoms with E-state index in [4.69, 9.17) is 5.73 Å². The molecule has 0 saturated carbocycles. The Balaban J connectivity index is 2.55. The van der Waals surface area contributed by atoms with Crippen molar-refractivity contribution in [3.8, 4) is 0 Å². The van der Waals surface area contributed by atoms with Crippen LogP contribution in [0.3, 0.4) is 0 Å². The predicted octanol–water partition coefficient (Wildman–Crippen LogP) is 2.17. The van der Waals surface area contributed by atoms with Crippen molar-refractivity contribution in [1.29, 1.82) is 0 Å². The van der Waals surface area contributed by atoms with Gasteiger partial charge in [-0.1, -0.05) is 18.2 Å². The normalized spacial score (nSPS) is 18.3.